The molecule has 1 aromatic rings. The molecule has 22 heavy (non-hydrogen) atoms. The van der Waals surface area contributed by atoms with Crippen molar-refractivity contribution in [1.29, 1.82) is 0 Å². The number of likely N-dealkylation sites (N-methyl/N-ethyl adjacent to an activating group) is 1. The molecule has 2 rings (SSSR count). The van der Waals surface area contributed by atoms with Crippen LogP contribution in [0.25, 0.3) is 0 Å². The number of carbonyl (C=O) groups is 1. The molecule has 1 aliphatic rings. The van der Waals surface area contributed by atoms with Crippen LogP contribution in [0.1, 0.15) is 18.9 Å². The van der Waals surface area contributed by atoms with Gasteiger partial charge in [-0.25, -0.2) is 4.79 Å². The minimum Gasteiger partial charge on any atom is -0.396 e. The van der Waals surface area contributed by atoms with E-state index >= 15 is 0 Å². The maximum atomic E-state index is 12.1. The predicted octanol–water partition coefficient (Wildman–Crippen LogP) is 1.53. The molecule has 5 nitrogen and oxygen atoms in total. The number of carbonyl (C=O) groups excluding carboxylic acids is 1. The maximum absolute atomic E-state index is 12.1. The largest absolute Gasteiger partial charge is 0.396 e. The summed E-state index contributed by atoms with van der Waals surface area (Å²) in [6.45, 7) is 5.18. The van der Waals surface area contributed by atoms with Crippen LogP contribution in [-0.2, 0) is 6.54 Å². The van der Waals surface area contributed by atoms with E-state index < -0.39 is 0 Å². The molecule has 0 aliphatic carbocycles. The van der Waals surface area contributed by atoms with E-state index in [4.69, 9.17) is 5.11 Å². The fourth-order valence-electron chi connectivity index (χ4n) is 2.70. The molecule has 0 aromatic heterocycles. The van der Waals surface area contributed by atoms with Crippen LogP contribution in [0.15, 0.2) is 30.3 Å². The van der Waals surface area contributed by atoms with E-state index in [1.807, 2.05) is 18.2 Å². The predicted molar refractivity (Wildman–Crippen MR) is 87.5 cm³/mol. The second kappa shape index (κ2) is 8.15. The highest BCUT2D eigenvalue weighted by atomic mass is 16.3. The van der Waals surface area contributed by atoms with Crippen molar-refractivity contribution in [2.75, 3.05) is 33.3 Å². The van der Waals surface area contributed by atoms with E-state index in [2.05, 4.69) is 36.3 Å². The lowest BCUT2D eigenvalue weighted by Gasteiger charge is -2.26. The zero-order valence-corrected chi connectivity index (χ0v) is 13.5. The summed E-state index contributed by atoms with van der Waals surface area (Å²) in [5.41, 5.74) is 1.27. The fraction of sp³-hybridized carbons (Fsp3) is 0.588. The van der Waals surface area contributed by atoms with Gasteiger partial charge in [0.1, 0.15) is 0 Å². The first-order chi connectivity index (χ1) is 10.6. The number of hydrogen-bond acceptors (Lipinski definition) is 3. The molecular formula is C17H27N3O2. The third-order valence-electron chi connectivity index (χ3n) is 4.41. The number of nitrogens with zero attached hydrogens (tertiary/aromatic N) is 2. The first kappa shape index (κ1) is 16.8. The Balaban J connectivity index is 1.72. The van der Waals surface area contributed by atoms with Crippen molar-refractivity contribution in [2.45, 2.75) is 25.9 Å². The first-order valence-electron chi connectivity index (χ1n) is 7.98. The summed E-state index contributed by atoms with van der Waals surface area (Å²) in [6.07, 6.45) is 0.896. The van der Waals surface area contributed by atoms with Crippen molar-refractivity contribution in [1.82, 2.24) is 15.1 Å². The third-order valence-corrected chi connectivity index (χ3v) is 4.41. The number of benzene rings is 1. The topological polar surface area (TPSA) is 55.8 Å². The van der Waals surface area contributed by atoms with Crippen molar-refractivity contribution < 1.29 is 9.90 Å². The van der Waals surface area contributed by atoms with E-state index in [0.717, 1.165) is 19.5 Å². The van der Waals surface area contributed by atoms with Crippen LogP contribution >= 0.6 is 0 Å². The Morgan fingerprint density at radius 3 is 2.82 bits per heavy atom. The van der Waals surface area contributed by atoms with Gasteiger partial charge in [0.15, 0.2) is 0 Å². The Kier molecular flexibility index (Phi) is 6.21. The van der Waals surface area contributed by atoms with Gasteiger partial charge in [-0.15, -0.1) is 0 Å². The van der Waals surface area contributed by atoms with Gasteiger partial charge in [-0.3, -0.25) is 4.90 Å². The monoisotopic (exact) mass is 305 g/mol. The van der Waals surface area contributed by atoms with Crippen LogP contribution in [0.2, 0.25) is 0 Å². The minimum atomic E-state index is -0.0177. The van der Waals surface area contributed by atoms with Gasteiger partial charge in [0, 0.05) is 44.7 Å². The van der Waals surface area contributed by atoms with Gasteiger partial charge in [0.25, 0.3) is 0 Å². The van der Waals surface area contributed by atoms with Gasteiger partial charge >= 0.3 is 6.03 Å². The van der Waals surface area contributed by atoms with Gasteiger partial charge in [0.2, 0.25) is 0 Å². The average Bonchev–Trinajstić information content (AvgIpc) is 3.02. The third kappa shape index (κ3) is 4.71. The highest BCUT2D eigenvalue weighted by Crippen LogP contribution is 2.15. The number of aliphatic hydroxyl groups is 1. The van der Waals surface area contributed by atoms with Crippen molar-refractivity contribution in [3.8, 4) is 0 Å². The zero-order valence-electron chi connectivity index (χ0n) is 13.5. The summed E-state index contributed by atoms with van der Waals surface area (Å²) in [5.74, 6) is 0.240. The minimum absolute atomic E-state index is 0.0177. The highest BCUT2D eigenvalue weighted by Gasteiger charge is 2.25. The molecule has 1 fully saturated rings. The zero-order chi connectivity index (χ0) is 15.9. The summed E-state index contributed by atoms with van der Waals surface area (Å²) in [7, 11) is 2.07. The van der Waals surface area contributed by atoms with E-state index in [1.54, 1.807) is 4.90 Å². The molecule has 122 valence electrons. The van der Waals surface area contributed by atoms with Crippen molar-refractivity contribution in [3.63, 3.8) is 0 Å². The second-order valence-corrected chi connectivity index (χ2v) is 6.22. The molecule has 2 amide bonds. The molecule has 1 heterocycles. The molecule has 1 saturated heterocycles. The van der Waals surface area contributed by atoms with Crippen molar-refractivity contribution in [2.24, 2.45) is 5.92 Å². The van der Waals surface area contributed by atoms with Gasteiger partial charge in [0.05, 0.1) is 0 Å². The van der Waals surface area contributed by atoms with E-state index in [-0.39, 0.29) is 24.6 Å². The van der Waals surface area contributed by atoms with Crippen molar-refractivity contribution in [3.05, 3.63) is 35.9 Å². The van der Waals surface area contributed by atoms with E-state index in [1.165, 1.54) is 5.56 Å². The van der Waals surface area contributed by atoms with Gasteiger partial charge in [-0.2, -0.15) is 0 Å². The molecule has 1 aliphatic heterocycles. The lowest BCUT2D eigenvalue weighted by Crippen LogP contribution is -2.45. The molecule has 5 heteroatoms. The summed E-state index contributed by atoms with van der Waals surface area (Å²) < 4.78 is 0. The summed E-state index contributed by atoms with van der Waals surface area (Å²) >= 11 is 0. The second-order valence-electron chi connectivity index (χ2n) is 6.22. The van der Waals surface area contributed by atoms with Crippen molar-refractivity contribution >= 4 is 6.03 Å². The standard InChI is InChI=1S/C17H27N3O2/c1-14(19(2)11-15-6-4-3-5-7-15)10-18-17(22)20-9-8-16(12-20)13-21/h3-7,14,16,21H,8-13H2,1-2H3,(H,18,22). The van der Waals surface area contributed by atoms with Crippen LogP contribution < -0.4 is 5.32 Å². The fourth-order valence-corrected chi connectivity index (χ4v) is 2.70. The van der Waals surface area contributed by atoms with Gasteiger partial charge in [-0.1, -0.05) is 30.3 Å². The molecule has 0 radical (unpaired) electrons. The van der Waals surface area contributed by atoms with Crippen LogP contribution in [0, 0.1) is 5.92 Å². The Morgan fingerprint density at radius 2 is 2.18 bits per heavy atom. The quantitative estimate of drug-likeness (QED) is 0.838. The first-order valence-corrected chi connectivity index (χ1v) is 7.98. The summed E-state index contributed by atoms with van der Waals surface area (Å²) in [6, 6.07) is 10.6. The van der Waals surface area contributed by atoms with Crippen LogP contribution in [0.4, 0.5) is 4.79 Å². The molecule has 0 saturated carbocycles. The van der Waals surface area contributed by atoms with Gasteiger partial charge < -0.3 is 15.3 Å². The van der Waals surface area contributed by atoms with Crippen LogP contribution in [-0.4, -0.2) is 60.3 Å². The van der Waals surface area contributed by atoms with E-state index in [9.17, 15) is 4.79 Å². The number of nitrogens with one attached hydrogen (secondary N) is 1. The smallest absolute Gasteiger partial charge is 0.317 e. The molecule has 0 bridgehead atoms. The number of urea groups is 1. The molecule has 0 spiro atoms. The molecule has 2 N–H and O–H groups in total. The van der Waals surface area contributed by atoms with Crippen LogP contribution in [0.5, 0.6) is 0 Å². The summed E-state index contributed by atoms with van der Waals surface area (Å²) in [4.78, 5) is 16.1. The number of aliphatic hydroxyl groups excluding tert-OH is 1. The molecule has 1 aromatic carbocycles. The SMILES string of the molecule is CC(CNC(=O)N1CCC(CO)C1)N(C)Cc1ccccc1. The highest BCUT2D eigenvalue weighted by molar-refractivity contribution is 5.74. The van der Waals surface area contributed by atoms with Gasteiger partial charge in [-0.05, 0) is 26.0 Å². The Morgan fingerprint density at radius 1 is 1.45 bits per heavy atom. The number of rotatable bonds is 6. The Labute approximate surface area is 132 Å². The normalized spacial score (nSPS) is 19.5. The Hall–Kier alpha value is -1.59. The van der Waals surface area contributed by atoms with E-state index in [0.29, 0.717) is 13.1 Å². The molecule has 2 atom stereocenters. The number of likely N-dealkylation sites (tertiary alicyclic amines) is 1. The number of amides is 2. The van der Waals surface area contributed by atoms with Crippen LogP contribution in [0.3, 0.4) is 0 Å². The number of hydrogen-bond donors (Lipinski definition) is 2. The summed E-state index contributed by atoms with van der Waals surface area (Å²) in [5, 5.41) is 12.1. The lowest BCUT2D eigenvalue weighted by molar-refractivity contribution is 0.191. The average molecular weight is 305 g/mol. The lowest BCUT2D eigenvalue weighted by atomic mass is 10.1. The molecule has 2 unspecified atom stereocenters. The molecular weight excluding hydrogens is 278 g/mol. The Bertz CT molecular complexity index is 466. The maximum Gasteiger partial charge on any atom is 0.317 e.